The van der Waals surface area contributed by atoms with E-state index in [0.717, 1.165) is 0 Å². The molecule has 0 bridgehead atoms. The Morgan fingerprint density at radius 3 is 0.615 bits per heavy atom. The van der Waals surface area contributed by atoms with Gasteiger partial charge in [0.25, 0.3) is 0 Å². The smallest absolute Gasteiger partial charge is 0.0782 e. The highest BCUT2D eigenvalue weighted by molar-refractivity contribution is 7.48. The van der Waals surface area contributed by atoms with E-state index in [4.69, 9.17) is 0 Å². The molecule has 0 radical (unpaired) electrons. The van der Waals surface area contributed by atoms with Gasteiger partial charge in [0, 0.05) is 0 Å². The topological polar surface area (TPSA) is 63.2 Å². The molecule has 0 unspecified atom stereocenters. The molecule has 0 aromatic rings. The lowest BCUT2D eigenvalue weighted by Gasteiger charge is -2.28. The summed E-state index contributed by atoms with van der Waals surface area (Å²) in [4.78, 5) is 18.9. The summed E-state index contributed by atoms with van der Waals surface area (Å²) in [7, 11) is 5.26. The summed E-state index contributed by atoms with van der Waals surface area (Å²) in [6.07, 6.45) is 46.5. The maximum absolute atomic E-state index is 9.47. The van der Waals surface area contributed by atoms with E-state index in [9.17, 15) is 14.4 Å². The first-order valence-electron chi connectivity index (χ1n) is 23.5. The van der Waals surface area contributed by atoms with Crippen LogP contribution in [0.2, 0.25) is 0 Å². The standard InChI is InChI=1S/2C22H48N.C2H7O3P/c2*1-5-7-8-9-10-11-12-13-14-15-16-17-18-19-20-21-22-23(3,4)6-2;1-2-6(3,4)5/h2*5-22H2,1-4H3;2H2,1H3,(H2,3,4,5)/q2*+1;/p-2. The largest absolute Gasteiger partial charge is 0.811 e. The van der Waals surface area contributed by atoms with Crippen LogP contribution in [0.4, 0.5) is 0 Å². The van der Waals surface area contributed by atoms with Crippen LogP contribution in [-0.2, 0) is 4.57 Å². The number of hydrogen-bond donors (Lipinski definition) is 0. The summed E-state index contributed by atoms with van der Waals surface area (Å²) in [5.74, 6) is 0. The minimum atomic E-state index is -4.15. The fourth-order valence-electron chi connectivity index (χ4n) is 6.49. The molecule has 0 aliphatic carbocycles. The Hall–Kier alpha value is 0.0700. The maximum Gasteiger partial charge on any atom is 0.0782 e. The van der Waals surface area contributed by atoms with Crippen molar-refractivity contribution in [1.29, 1.82) is 0 Å². The van der Waals surface area contributed by atoms with Gasteiger partial charge >= 0.3 is 0 Å². The number of unbranched alkanes of at least 4 members (excludes halogenated alkanes) is 30. The molecule has 0 spiro atoms. The SMILES string of the molecule is CCCCCCCCCCCCCCCCCC[N+](C)(C)CC.CCCCCCCCCCCCCCCCCC[N+](C)(C)CC.CCP(=O)([O-])[O-]. The van der Waals surface area contributed by atoms with Gasteiger partial charge in [0.2, 0.25) is 0 Å². The fraction of sp³-hybridized carbons (Fsp3) is 1.00. The minimum absolute atomic E-state index is 0.285. The zero-order chi connectivity index (χ0) is 39.7. The summed E-state index contributed by atoms with van der Waals surface area (Å²) >= 11 is 0. The Kier molecular flexibility index (Phi) is 45.8. The molecule has 318 valence electrons. The van der Waals surface area contributed by atoms with Crippen molar-refractivity contribution in [1.82, 2.24) is 0 Å². The Balaban J connectivity index is -0.000000797. The molecule has 0 aliphatic rings. The van der Waals surface area contributed by atoms with Gasteiger partial charge in [-0.25, -0.2) is 0 Å². The second-order valence-corrected chi connectivity index (χ2v) is 19.3. The Labute approximate surface area is 330 Å². The predicted octanol–water partition coefficient (Wildman–Crippen LogP) is 13.6. The van der Waals surface area contributed by atoms with Crippen molar-refractivity contribution in [3.63, 3.8) is 0 Å². The number of nitrogens with zero attached hydrogens (tertiary/aromatic N) is 2. The van der Waals surface area contributed by atoms with Crippen molar-refractivity contribution >= 4 is 7.60 Å². The molecule has 5 nitrogen and oxygen atoms in total. The van der Waals surface area contributed by atoms with Crippen LogP contribution >= 0.6 is 7.60 Å². The molecular formula is C46H101N2O3P. The average molecular weight is 761 g/mol. The van der Waals surface area contributed by atoms with E-state index in [2.05, 4.69) is 55.9 Å². The molecule has 0 aromatic carbocycles. The normalized spacial score (nSPS) is 12.0. The van der Waals surface area contributed by atoms with Gasteiger partial charge in [0.15, 0.2) is 0 Å². The van der Waals surface area contributed by atoms with Crippen LogP contribution in [0.25, 0.3) is 0 Å². The van der Waals surface area contributed by atoms with E-state index in [0.29, 0.717) is 0 Å². The van der Waals surface area contributed by atoms with E-state index in [1.807, 2.05) is 0 Å². The zero-order valence-corrected chi connectivity index (χ0v) is 38.6. The third-order valence-electron chi connectivity index (χ3n) is 11.3. The Morgan fingerprint density at radius 2 is 0.481 bits per heavy atom. The molecule has 0 saturated carbocycles. The van der Waals surface area contributed by atoms with E-state index in [1.54, 1.807) is 0 Å². The highest BCUT2D eigenvalue weighted by Crippen LogP contribution is 2.20. The van der Waals surface area contributed by atoms with Crippen molar-refractivity contribution < 1.29 is 23.3 Å². The van der Waals surface area contributed by atoms with Crippen LogP contribution < -0.4 is 9.79 Å². The van der Waals surface area contributed by atoms with Crippen LogP contribution in [0.5, 0.6) is 0 Å². The molecule has 0 fully saturated rings. The van der Waals surface area contributed by atoms with E-state index < -0.39 is 7.60 Å². The molecule has 0 N–H and O–H groups in total. The number of quaternary nitrogens is 2. The zero-order valence-electron chi connectivity index (χ0n) is 37.7. The summed E-state index contributed by atoms with van der Waals surface area (Å²) < 4.78 is 11.9. The van der Waals surface area contributed by atoms with E-state index >= 15 is 0 Å². The van der Waals surface area contributed by atoms with Gasteiger partial charge in [-0.05, 0) is 45.7 Å². The van der Waals surface area contributed by atoms with Crippen LogP contribution in [0.15, 0.2) is 0 Å². The summed E-state index contributed by atoms with van der Waals surface area (Å²) in [6.45, 7) is 15.8. The second kappa shape index (κ2) is 42.2. The molecule has 0 heterocycles. The first-order valence-corrected chi connectivity index (χ1v) is 25.2. The lowest BCUT2D eigenvalue weighted by atomic mass is 10.0. The van der Waals surface area contributed by atoms with Crippen molar-refractivity contribution in [2.75, 3.05) is 60.5 Å². The highest BCUT2D eigenvalue weighted by atomic mass is 31.2. The van der Waals surface area contributed by atoms with E-state index in [-0.39, 0.29) is 6.16 Å². The molecule has 0 amide bonds. The fourth-order valence-corrected chi connectivity index (χ4v) is 6.49. The van der Waals surface area contributed by atoms with Crippen LogP contribution in [0.3, 0.4) is 0 Å². The molecular weight excluding hydrogens is 659 g/mol. The summed E-state index contributed by atoms with van der Waals surface area (Å²) in [6, 6.07) is 0. The number of rotatable bonds is 37. The summed E-state index contributed by atoms with van der Waals surface area (Å²) in [5.41, 5.74) is 0. The highest BCUT2D eigenvalue weighted by Gasteiger charge is 2.11. The van der Waals surface area contributed by atoms with Gasteiger partial charge in [0.1, 0.15) is 0 Å². The Morgan fingerprint density at radius 1 is 0.327 bits per heavy atom. The first kappa shape index (κ1) is 56.4. The third kappa shape index (κ3) is 54.4. The first-order chi connectivity index (χ1) is 24.8. The minimum Gasteiger partial charge on any atom is -0.811 e. The molecule has 6 heteroatoms. The van der Waals surface area contributed by atoms with E-state index in [1.165, 1.54) is 248 Å². The van der Waals surface area contributed by atoms with Crippen molar-refractivity contribution in [3.8, 4) is 0 Å². The van der Waals surface area contributed by atoms with Crippen LogP contribution in [0, 0.1) is 0 Å². The lowest BCUT2D eigenvalue weighted by Crippen LogP contribution is -2.39. The van der Waals surface area contributed by atoms with Gasteiger partial charge in [-0.2, -0.15) is 0 Å². The quantitative estimate of drug-likeness (QED) is 0.0360. The average Bonchev–Trinajstić information content (AvgIpc) is 3.11. The molecule has 0 aliphatic heterocycles. The third-order valence-corrected chi connectivity index (χ3v) is 12.1. The van der Waals surface area contributed by atoms with Crippen LogP contribution in [0.1, 0.15) is 240 Å². The monoisotopic (exact) mass is 761 g/mol. The van der Waals surface area contributed by atoms with Crippen molar-refractivity contribution in [3.05, 3.63) is 0 Å². The lowest BCUT2D eigenvalue weighted by molar-refractivity contribution is -0.888. The maximum atomic E-state index is 9.47. The predicted molar refractivity (Wildman–Crippen MR) is 232 cm³/mol. The molecule has 0 aromatic heterocycles. The molecule has 0 rings (SSSR count). The Bertz CT molecular complexity index is 662. The van der Waals surface area contributed by atoms with Gasteiger partial charge in [-0.1, -0.05) is 208 Å². The van der Waals surface area contributed by atoms with Crippen molar-refractivity contribution in [2.45, 2.75) is 240 Å². The van der Waals surface area contributed by atoms with Gasteiger partial charge in [0.05, 0.1) is 54.4 Å². The van der Waals surface area contributed by atoms with Gasteiger partial charge in [-0.3, -0.25) is 0 Å². The van der Waals surface area contributed by atoms with Gasteiger partial charge < -0.3 is 23.3 Å². The molecule has 0 atom stereocenters. The molecule has 52 heavy (non-hydrogen) atoms. The van der Waals surface area contributed by atoms with Gasteiger partial charge in [-0.15, -0.1) is 0 Å². The second-order valence-electron chi connectivity index (χ2n) is 17.5. The molecule has 0 saturated heterocycles. The summed E-state index contributed by atoms with van der Waals surface area (Å²) in [5, 5.41) is 0. The number of hydrogen-bond acceptors (Lipinski definition) is 3. The van der Waals surface area contributed by atoms with Crippen molar-refractivity contribution in [2.24, 2.45) is 0 Å². The van der Waals surface area contributed by atoms with Crippen LogP contribution in [-0.4, -0.2) is 69.5 Å².